The van der Waals surface area contributed by atoms with Gasteiger partial charge in [0.1, 0.15) is 51.6 Å². The second-order valence-electron chi connectivity index (χ2n) is 11.9. The van der Waals surface area contributed by atoms with E-state index in [4.69, 9.17) is 9.47 Å². The third-order valence-electron chi connectivity index (χ3n) is 7.64. The van der Waals surface area contributed by atoms with Crippen molar-refractivity contribution in [3.63, 3.8) is 0 Å². The lowest BCUT2D eigenvalue weighted by Gasteiger charge is -2.22. The van der Waals surface area contributed by atoms with Crippen molar-refractivity contribution in [2.24, 2.45) is 0 Å². The lowest BCUT2D eigenvalue weighted by Crippen LogP contribution is -2.46. The SMILES string of the molecule is COC(=O)CNC(=O)CN(CCCn1cc(CN(CC(=O)NCC(=O)OC)C(=O)CNC(=O)OCc2ccccc2)nn1)C(=O)CNC(=O)OCc1ccccc1. The maximum Gasteiger partial charge on any atom is 0.407 e. The van der Waals surface area contributed by atoms with Crippen molar-refractivity contribution in [1.29, 1.82) is 0 Å². The van der Waals surface area contributed by atoms with E-state index in [1.807, 2.05) is 12.1 Å². The molecule has 0 fully saturated rings. The number of amides is 6. The van der Waals surface area contributed by atoms with Crippen LogP contribution in [0.2, 0.25) is 0 Å². The van der Waals surface area contributed by atoms with Crippen LogP contribution in [0, 0.1) is 0 Å². The van der Waals surface area contributed by atoms with Gasteiger partial charge in [0.15, 0.2) is 0 Å². The second kappa shape index (κ2) is 24.4. The summed E-state index contributed by atoms with van der Waals surface area (Å²) in [6, 6.07) is 17.8. The van der Waals surface area contributed by atoms with Crippen molar-refractivity contribution in [1.82, 2.24) is 46.1 Å². The number of esters is 2. The molecule has 3 rings (SSSR count). The number of carbonyl (C=O) groups excluding carboxylic acids is 8. The van der Waals surface area contributed by atoms with Gasteiger partial charge in [-0.05, 0) is 17.5 Å². The van der Waals surface area contributed by atoms with Gasteiger partial charge in [0.05, 0.1) is 33.5 Å². The van der Waals surface area contributed by atoms with Gasteiger partial charge >= 0.3 is 24.1 Å². The molecule has 306 valence electrons. The largest absolute Gasteiger partial charge is 0.468 e. The minimum atomic E-state index is -0.861. The third-order valence-corrected chi connectivity index (χ3v) is 7.64. The van der Waals surface area contributed by atoms with E-state index in [1.54, 1.807) is 48.5 Å². The van der Waals surface area contributed by atoms with E-state index in [0.717, 1.165) is 30.2 Å². The first kappa shape index (κ1) is 44.3. The minimum Gasteiger partial charge on any atom is -0.468 e. The van der Waals surface area contributed by atoms with Gasteiger partial charge in [-0.3, -0.25) is 33.4 Å². The second-order valence-corrected chi connectivity index (χ2v) is 11.9. The van der Waals surface area contributed by atoms with Crippen molar-refractivity contribution < 1.29 is 57.3 Å². The van der Waals surface area contributed by atoms with E-state index < -0.39 is 87.0 Å². The molecule has 0 saturated heterocycles. The first-order valence-electron chi connectivity index (χ1n) is 17.5. The number of aryl methyl sites for hydroxylation is 1. The molecule has 57 heavy (non-hydrogen) atoms. The Kier molecular flexibility index (Phi) is 19.0. The van der Waals surface area contributed by atoms with E-state index in [2.05, 4.69) is 41.1 Å². The van der Waals surface area contributed by atoms with Crippen LogP contribution in [-0.4, -0.2) is 133 Å². The third kappa shape index (κ3) is 17.8. The van der Waals surface area contributed by atoms with E-state index >= 15 is 0 Å². The monoisotopic (exact) mass is 795 g/mol. The summed E-state index contributed by atoms with van der Waals surface area (Å²) >= 11 is 0. The molecule has 0 aliphatic heterocycles. The standard InChI is InChI=1S/C36H45N9O12/c1-54-33(50)18-37-29(46)22-43(31(48)16-39-35(52)56-24-26-10-5-3-6-11-26)14-9-15-45-21-28(41-42-45)20-44(23-30(47)38-19-34(51)55-2)32(49)17-40-36(53)57-25-27-12-7-4-8-13-27/h3-8,10-13,21H,9,14-20,22-25H2,1-2H3,(H,37,46)(H,38,47)(H,39,52)(H,40,53). The number of hydrogen-bond acceptors (Lipinski definition) is 14. The summed E-state index contributed by atoms with van der Waals surface area (Å²) in [5, 5.41) is 17.5. The number of nitrogens with zero attached hydrogens (tertiary/aromatic N) is 5. The molecule has 0 radical (unpaired) electrons. The highest BCUT2D eigenvalue weighted by Crippen LogP contribution is 2.05. The van der Waals surface area contributed by atoms with Crippen molar-refractivity contribution in [2.45, 2.75) is 32.7 Å². The van der Waals surface area contributed by atoms with E-state index in [-0.39, 0.29) is 45.0 Å². The zero-order valence-electron chi connectivity index (χ0n) is 31.5. The smallest absolute Gasteiger partial charge is 0.407 e. The number of carbonyl (C=O) groups is 8. The van der Waals surface area contributed by atoms with Gasteiger partial charge in [0.2, 0.25) is 23.6 Å². The highest BCUT2D eigenvalue weighted by molar-refractivity contribution is 5.89. The molecule has 1 heterocycles. The predicted molar refractivity (Wildman–Crippen MR) is 196 cm³/mol. The molecule has 0 saturated carbocycles. The fraction of sp³-hybridized carbons (Fsp3) is 0.389. The molecular formula is C36H45N9O12. The Bertz CT molecular complexity index is 1810. The van der Waals surface area contributed by atoms with Gasteiger partial charge < -0.3 is 50.0 Å². The molecule has 21 heteroatoms. The van der Waals surface area contributed by atoms with Crippen LogP contribution < -0.4 is 21.3 Å². The molecule has 2 aromatic carbocycles. The molecule has 1 aromatic heterocycles. The molecule has 6 amide bonds. The summed E-state index contributed by atoms with van der Waals surface area (Å²) < 4.78 is 20.7. The number of methoxy groups -OCH3 is 2. The molecule has 0 atom stereocenters. The summed E-state index contributed by atoms with van der Waals surface area (Å²) in [4.78, 5) is 101. The lowest BCUT2D eigenvalue weighted by atomic mass is 10.2. The van der Waals surface area contributed by atoms with Crippen LogP contribution in [0.3, 0.4) is 0 Å². The van der Waals surface area contributed by atoms with Crippen LogP contribution in [0.1, 0.15) is 23.2 Å². The summed E-state index contributed by atoms with van der Waals surface area (Å²) in [7, 11) is 2.31. The topological polar surface area (TPSA) is 259 Å². The summed E-state index contributed by atoms with van der Waals surface area (Å²) in [6.45, 7) is -2.88. The van der Waals surface area contributed by atoms with Crippen molar-refractivity contribution >= 4 is 47.8 Å². The lowest BCUT2D eigenvalue weighted by molar-refractivity contribution is -0.142. The molecule has 0 spiro atoms. The van der Waals surface area contributed by atoms with Gasteiger partial charge in [0.25, 0.3) is 0 Å². The van der Waals surface area contributed by atoms with Crippen LogP contribution in [-0.2, 0) is 74.0 Å². The highest BCUT2D eigenvalue weighted by Gasteiger charge is 2.22. The Labute approximate surface area is 327 Å². The van der Waals surface area contributed by atoms with Gasteiger partial charge in [-0.15, -0.1) is 5.10 Å². The summed E-state index contributed by atoms with van der Waals surface area (Å²) in [6.07, 6.45) is 0.0312. The highest BCUT2D eigenvalue weighted by atomic mass is 16.6. The zero-order valence-corrected chi connectivity index (χ0v) is 31.5. The van der Waals surface area contributed by atoms with Crippen LogP contribution >= 0.6 is 0 Å². The fourth-order valence-corrected chi connectivity index (χ4v) is 4.68. The Morgan fingerprint density at radius 3 is 1.60 bits per heavy atom. The van der Waals surface area contributed by atoms with Crippen molar-refractivity contribution in [3.8, 4) is 0 Å². The quantitative estimate of drug-likeness (QED) is 0.0722. The van der Waals surface area contributed by atoms with Crippen LogP contribution in [0.15, 0.2) is 66.9 Å². The summed E-state index contributed by atoms with van der Waals surface area (Å²) in [5.41, 5.74) is 1.73. The number of aromatic nitrogens is 3. The van der Waals surface area contributed by atoms with Crippen molar-refractivity contribution in [3.05, 3.63) is 83.7 Å². The number of benzene rings is 2. The van der Waals surface area contributed by atoms with E-state index in [9.17, 15) is 38.4 Å². The first-order chi connectivity index (χ1) is 27.4. The first-order valence-corrected chi connectivity index (χ1v) is 17.5. The van der Waals surface area contributed by atoms with Gasteiger partial charge in [-0.25, -0.2) is 9.59 Å². The normalized spacial score (nSPS) is 10.3. The Morgan fingerprint density at radius 2 is 1.11 bits per heavy atom. The molecule has 4 N–H and O–H groups in total. The molecule has 0 unspecified atom stereocenters. The fourth-order valence-electron chi connectivity index (χ4n) is 4.68. The van der Waals surface area contributed by atoms with Crippen molar-refractivity contribution in [2.75, 3.05) is 60.0 Å². The molecule has 0 aliphatic rings. The number of nitrogens with one attached hydrogen (secondary N) is 4. The average molecular weight is 796 g/mol. The minimum absolute atomic E-state index is 0.0113. The predicted octanol–water partition coefficient (Wildman–Crippen LogP) is -0.743. The Hall–Kier alpha value is -7.06. The summed E-state index contributed by atoms with van der Waals surface area (Å²) in [5.74, 6) is -4.02. The Morgan fingerprint density at radius 1 is 0.632 bits per heavy atom. The molecular weight excluding hydrogens is 750 g/mol. The number of alkyl carbamates (subject to hydrolysis) is 2. The number of rotatable bonds is 22. The van der Waals surface area contributed by atoms with Crippen LogP contribution in [0.25, 0.3) is 0 Å². The number of hydrogen-bond donors (Lipinski definition) is 4. The van der Waals surface area contributed by atoms with Gasteiger partial charge in [-0.2, -0.15) is 0 Å². The van der Waals surface area contributed by atoms with E-state index in [1.165, 1.54) is 15.8 Å². The van der Waals surface area contributed by atoms with Crippen LogP contribution in [0.4, 0.5) is 9.59 Å². The van der Waals surface area contributed by atoms with Gasteiger partial charge in [0, 0.05) is 13.1 Å². The molecule has 0 bridgehead atoms. The molecule has 3 aromatic rings. The zero-order chi connectivity index (χ0) is 41.4. The average Bonchev–Trinajstić information content (AvgIpc) is 3.68. The molecule has 21 nitrogen and oxygen atoms in total. The number of ether oxygens (including phenoxy) is 4. The molecule has 0 aliphatic carbocycles. The van der Waals surface area contributed by atoms with Crippen LogP contribution in [0.5, 0.6) is 0 Å². The van der Waals surface area contributed by atoms with Gasteiger partial charge in [-0.1, -0.05) is 65.9 Å². The van der Waals surface area contributed by atoms with E-state index in [0.29, 0.717) is 0 Å². The Balaban J connectivity index is 1.58. The maximum atomic E-state index is 13.2. The maximum absolute atomic E-state index is 13.2.